The molecule has 0 bridgehead atoms. The van der Waals surface area contributed by atoms with Crippen molar-refractivity contribution in [1.82, 2.24) is 10.1 Å². The van der Waals surface area contributed by atoms with Crippen molar-refractivity contribution in [3.05, 3.63) is 48.5 Å². The number of benzene rings is 1. The summed E-state index contributed by atoms with van der Waals surface area (Å²) in [5, 5.41) is 4.99. The van der Waals surface area contributed by atoms with Gasteiger partial charge in [-0.25, -0.2) is 8.42 Å². The van der Waals surface area contributed by atoms with Crippen LogP contribution in [0.2, 0.25) is 0 Å². The molecule has 20 heavy (non-hydrogen) atoms. The summed E-state index contributed by atoms with van der Waals surface area (Å²) < 4.78 is 32.1. The van der Waals surface area contributed by atoms with Crippen LogP contribution in [0.5, 0.6) is 0 Å². The first-order chi connectivity index (χ1) is 9.56. The fraction of sp³-hybridized carbons (Fsp3) is 0.0769. The average Bonchev–Trinajstić information content (AvgIpc) is 2.82. The van der Waals surface area contributed by atoms with Gasteiger partial charge in [0.2, 0.25) is 0 Å². The van der Waals surface area contributed by atoms with E-state index in [-0.39, 0.29) is 10.7 Å². The second-order valence-corrected chi connectivity index (χ2v) is 5.93. The Bertz CT molecular complexity index is 866. The number of nitrogens with one attached hydrogen (secondary N) is 1. The molecule has 3 rings (SSSR count). The van der Waals surface area contributed by atoms with Crippen LogP contribution in [-0.2, 0) is 10.0 Å². The summed E-state index contributed by atoms with van der Waals surface area (Å²) in [5.74, 6) is 0.693. The van der Waals surface area contributed by atoms with E-state index in [9.17, 15) is 8.42 Å². The largest absolute Gasteiger partial charge is 0.360 e. The van der Waals surface area contributed by atoms with Crippen molar-refractivity contribution >= 4 is 26.6 Å². The Hall–Kier alpha value is -2.41. The third-order valence-electron chi connectivity index (χ3n) is 2.80. The highest BCUT2D eigenvalue weighted by Gasteiger charge is 2.18. The van der Waals surface area contributed by atoms with Gasteiger partial charge in [-0.3, -0.25) is 9.71 Å². The van der Waals surface area contributed by atoms with Gasteiger partial charge in [0.15, 0.2) is 5.82 Å². The van der Waals surface area contributed by atoms with Gasteiger partial charge < -0.3 is 4.52 Å². The molecule has 0 saturated carbocycles. The fourth-order valence-electron chi connectivity index (χ4n) is 1.93. The smallest absolute Gasteiger partial charge is 0.263 e. The molecule has 2 heterocycles. The highest BCUT2D eigenvalue weighted by molar-refractivity contribution is 7.93. The van der Waals surface area contributed by atoms with Gasteiger partial charge in [0.25, 0.3) is 10.0 Å². The van der Waals surface area contributed by atoms with Crippen LogP contribution in [0, 0.1) is 6.92 Å². The Morgan fingerprint density at radius 1 is 1.25 bits per heavy atom. The summed E-state index contributed by atoms with van der Waals surface area (Å²) in [5.41, 5.74) is 0. The molecule has 7 heteroatoms. The van der Waals surface area contributed by atoms with E-state index in [0.29, 0.717) is 11.1 Å². The zero-order valence-corrected chi connectivity index (χ0v) is 11.4. The lowest BCUT2D eigenvalue weighted by atomic mass is 10.2. The SMILES string of the molecule is Cc1cc(NS(=O)(=O)c2cccc3cnccc23)no1. The summed E-state index contributed by atoms with van der Waals surface area (Å²) in [6.45, 7) is 1.69. The molecular weight excluding hydrogens is 278 g/mol. The van der Waals surface area contributed by atoms with Crippen LogP contribution < -0.4 is 4.72 Å². The molecule has 0 saturated heterocycles. The molecule has 0 spiro atoms. The van der Waals surface area contributed by atoms with Gasteiger partial charge in [-0.1, -0.05) is 17.3 Å². The number of rotatable bonds is 3. The molecule has 0 unspecified atom stereocenters. The molecule has 0 amide bonds. The Morgan fingerprint density at radius 2 is 2.10 bits per heavy atom. The molecule has 0 fully saturated rings. The summed E-state index contributed by atoms with van der Waals surface area (Å²) in [7, 11) is -3.73. The molecule has 0 radical (unpaired) electrons. The summed E-state index contributed by atoms with van der Waals surface area (Å²) >= 11 is 0. The molecule has 102 valence electrons. The van der Waals surface area contributed by atoms with E-state index in [0.717, 1.165) is 5.39 Å². The van der Waals surface area contributed by atoms with Gasteiger partial charge in [-0.15, -0.1) is 0 Å². The van der Waals surface area contributed by atoms with Crippen LogP contribution in [0.15, 0.2) is 52.1 Å². The molecular formula is C13H11N3O3S. The minimum absolute atomic E-state index is 0.161. The summed E-state index contributed by atoms with van der Waals surface area (Å²) in [6, 6.07) is 8.20. The molecule has 1 N–H and O–H groups in total. The van der Waals surface area contributed by atoms with E-state index >= 15 is 0 Å². The predicted octanol–water partition coefficient (Wildman–Crippen LogP) is 2.33. The second-order valence-electron chi connectivity index (χ2n) is 4.28. The topological polar surface area (TPSA) is 85.1 Å². The minimum Gasteiger partial charge on any atom is -0.360 e. The Morgan fingerprint density at radius 3 is 2.85 bits per heavy atom. The first kappa shape index (κ1) is 12.6. The quantitative estimate of drug-likeness (QED) is 0.799. The van der Waals surface area contributed by atoms with Gasteiger partial charge in [0.05, 0.1) is 4.90 Å². The van der Waals surface area contributed by atoms with Gasteiger partial charge in [0, 0.05) is 29.2 Å². The zero-order valence-electron chi connectivity index (χ0n) is 10.6. The second kappa shape index (κ2) is 4.61. The highest BCUT2D eigenvalue weighted by atomic mass is 32.2. The van der Waals surface area contributed by atoms with Gasteiger partial charge in [-0.2, -0.15) is 0 Å². The minimum atomic E-state index is -3.73. The van der Waals surface area contributed by atoms with E-state index in [2.05, 4.69) is 14.9 Å². The first-order valence-electron chi connectivity index (χ1n) is 5.85. The number of aromatic nitrogens is 2. The number of aryl methyl sites for hydroxylation is 1. The monoisotopic (exact) mass is 289 g/mol. The van der Waals surface area contributed by atoms with E-state index in [1.165, 1.54) is 12.1 Å². The average molecular weight is 289 g/mol. The van der Waals surface area contributed by atoms with Crippen LogP contribution in [-0.4, -0.2) is 18.6 Å². The lowest BCUT2D eigenvalue weighted by molar-refractivity contribution is 0.400. The highest BCUT2D eigenvalue weighted by Crippen LogP contribution is 2.24. The Kier molecular flexibility index (Phi) is 2.90. The molecule has 2 aromatic heterocycles. The van der Waals surface area contributed by atoms with Crippen molar-refractivity contribution in [2.45, 2.75) is 11.8 Å². The van der Waals surface area contributed by atoms with E-state index < -0.39 is 10.0 Å². The molecule has 0 aliphatic carbocycles. The molecule has 3 aromatic rings. The van der Waals surface area contributed by atoms with Crippen LogP contribution >= 0.6 is 0 Å². The van der Waals surface area contributed by atoms with Crippen LogP contribution in [0.4, 0.5) is 5.82 Å². The van der Waals surface area contributed by atoms with Gasteiger partial charge >= 0.3 is 0 Å². The maximum absolute atomic E-state index is 12.4. The fourth-order valence-corrected chi connectivity index (χ4v) is 3.15. The number of fused-ring (bicyclic) bond motifs is 1. The molecule has 0 atom stereocenters. The molecule has 6 nitrogen and oxygen atoms in total. The number of sulfonamides is 1. The maximum Gasteiger partial charge on any atom is 0.263 e. The van der Waals surface area contributed by atoms with Crippen molar-refractivity contribution < 1.29 is 12.9 Å². The van der Waals surface area contributed by atoms with Crippen molar-refractivity contribution in [3.63, 3.8) is 0 Å². The number of pyridine rings is 1. The lowest BCUT2D eigenvalue weighted by Gasteiger charge is -2.07. The number of hydrogen-bond donors (Lipinski definition) is 1. The zero-order chi connectivity index (χ0) is 14.2. The lowest BCUT2D eigenvalue weighted by Crippen LogP contribution is -2.13. The summed E-state index contributed by atoms with van der Waals surface area (Å²) in [6.07, 6.45) is 3.18. The normalized spacial score (nSPS) is 11.7. The van der Waals surface area contributed by atoms with Crippen molar-refractivity contribution in [1.29, 1.82) is 0 Å². The summed E-state index contributed by atoms with van der Waals surface area (Å²) in [4.78, 5) is 4.16. The standard InChI is InChI=1S/C13H11N3O3S/c1-9-7-13(15-19-9)16-20(17,18)12-4-2-3-10-8-14-6-5-11(10)12/h2-8H,1H3,(H,15,16). The van der Waals surface area contributed by atoms with Gasteiger partial charge in [-0.05, 0) is 19.1 Å². The van der Waals surface area contributed by atoms with Crippen LogP contribution in [0.3, 0.4) is 0 Å². The van der Waals surface area contributed by atoms with Crippen LogP contribution in [0.25, 0.3) is 10.8 Å². The third kappa shape index (κ3) is 2.23. The molecule has 1 aromatic carbocycles. The van der Waals surface area contributed by atoms with Crippen LogP contribution in [0.1, 0.15) is 5.76 Å². The maximum atomic E-state index is 12.4. The van der Waals surface area contributed by atoms with E-state index in [4.69, 9.17) is 4.52 Å². The number of anilines is 1. The van der Waals surface area contributed by atoms with E-state index in [1.54, 1.807) is 31.5 Å². The Balaban J connectivity index is 2.09. The number of hydrogen-bond acceptors (Lipinski definition) is 5. The van der Waals surface area contributed by atoms with E-state index in [1.807, 2.05) is 6.07 Å². The predicted molar refractivity (Wildman–Crippen MR) is 73.8 cm³/mol. The van der Waals surface area contributed by atoms with Crippen molar-refractivity contribution in [2.24, 2.45) is 0 Å². The Labute approximate surface area is 115 Å². The molecule has 0 aliphatic heterocycles. The van der Waals surface area contributed by atoms with Gasteiger partial charge in [0.1, 0.15) is 5.76 Å². The number of nitrogens with zero attached hydrogens (tertiary/aromatic N) is 2. The van der Waals surface area contributed by atoms with Crippen molar-refractivity contribution in [2.75, 3.05) is 4.72 Å². The first-order valence-corrected chi connectivity index (χ1v) is 7.33. The van der Waals surface area contributed by atoms with Crippen molar-refractivity contribution in [3.8, 4) is 0 Å². The third-order valence-corrected chi connectivity index (χ3v) is 4.21. The molecule has 0 aliphatic rings.